The largest absolute Gasteiger partial charge is 0.463 e. The van der Waals surface area contributed by atoms with Crippen LogP contribution in [0.2, 0.25) is 5.02 Å². The zero-order chi connectivity index (χ0) is 35.7. The fraction of sp³-hybridized carbons (Fsp3) is 0.576. The van der Waals surface area contributed by atoms with Gasteiger partial charge in [0.15, 0.2) is 5.69 Å². The molecule has 1 saturated carbocycles. The first kappa shape index (κ1) is 34.2. The summed E-state index contributed by atoms with van der Waals surface area (Å²) in [5.41, 5.74) is 7.05. The summed E-state index contributed by atoms with van der Waals surface area (Å²) in [6.07, 6.45) is 2.99. The molecular formula is C33H38ClF2N11O2S. The molecule has 5 heterocycles. The topological polar surface area (TPSA) is 137 Å². The molecule has 2 N–H and O–H groups in total. The summed E-state index contributed by atoms with van der Waals surface area (Å²) >= 11 is 8.23. The molecule has 17 heteroatoms. The Kier molecular flexibility index (Phi) is 8.36. The third-order valence-electron chi connectivity index (χ3n) is 10.3. The van der Waals surface area contributed by atoms with Gasteiger partial charge in [0.05, 0.1) is 34.8 Å². The maximum atomic E-state index is 14.7. The Morgan fingerprint density at radius 3 is 2.50 bits per heavy atom. The summed E-state index contributed by atoms with van der Waals surface area (Å²) in [7, 11) is 6.75. The molecule has 50 heavy (non-hydrogen) atoms. The van der Waals surface area contributed by atoms with Gasteiger partial charge < -0.3 is 30.1 Å². The number of aryl methyl sites for hydroxylation is 2. The summed E-state index contributed by atoms with van der Waals surface area (Å²) in [6, 6.07) is 2.22. The summed E-state index contributed by atoms with van der Waals surface area (Å²) in [6.45, 7) is 10.3. The zero-order valence-electron chi connectivity index (χ0n) is 28.4. The highest BCUT2D eigenvalue weighted by Crippen LogP contribution is 2.61. The predicted octanol–water partition coefficient (Wildman–Crippen LogP) is 4.56. The Balaban J connectivity index is 1.27. The van der Waals surface area contributed by atoms with E-state index in [1.807, 2.05) is 9.80 Å². The minimum absolute atomic E-state index is 0.0988. The molecule has 3 aromatic heterocycles. The number of nitrogen functional groups attached to an aromatic ring is 1. The highest BCUT2D eigenvalue weighted by Gasteiger charge is 2.71. The first-order valence-corrected chi connectivity index (χ1v) is 17.7. The van der Waals surface area contributed by atoms with Gasteiger partial charge >= 0.3 is 6.01 Å². The van der Waals surface area contributed by atoms with Crippen LogP contribution in [-0.4, -0.2) is 102 Å². The molecule has 4 aliphatic rings. The monoisotopic (exact) mass is 725 g/mol. The molecule has 1 atom stereocenters. The van der Waals surface area contributed by atoms with Gasteiger partial charge in [-0.05, 0) is 45.3 Å². The first-order chi connectivity index (χ1) is 23.7. The van der Waals surface area contributed by atoms with Crippen molar-refractivity contribution in [1.29, 1.82) is 5.26 Å². The second-order valence-electron chi connectivity index (χ2n) is 14.4. The Hall–Kier alpha value is -4.25. The first-order valence-electron chi connectivity index (χ1n) is 16.5. The fourth-order valence-electron chi connectivity index (χ4n) is 7.80. The van der Waals surface area contributed by atoms with Crippen LogP contribution in [0, 0.1) is 23.3 Å². The number of aromatic nitrogens is 4. The highest BCUT2D eigenvalue weighted by molar-refractivity contribution is 7.16. The van der Waals surface area contributed by atoms with Crippen molar-refractivity contribution in [1.82, 2.24) is 29.5 Å². The van der Waals surface area contributed by atoms with Crippen molar-refractivity contribution in [3.05, 3.63) is 43.8 Å². The average Bonchev–Trinajstić information content (AvgIpc) is 3.33. The van der Waals surface area contributed by atoms with Gasteiger partial charge in [0.1, 0.15) is 29.3 Å². The number of hydrogen-bond acceptors (Lipinski definition) is 11. The zero-order valence-corrected chi connectivity index (χ0v) is 30.0. The number of carbonyl (C=O) groups is 1. The van der Waals surface area contributed by atoms with Crippen LogP contribution in [0.15, 0.2) is 0 Å². The number of halogens is 3. The van der Waals surface area contributed by atoms with Gasteiger partial charge in [-0.3, -0.25) is 9.48 Å². The van der Waals surface area contributed by atoms with E-state index in [2.05, 4.69) is 16.0 Å². The number of anilines is 3. The third-order valence-corrected chi connectivity index (χ3v) is 11.8. The molecule has 13 nitrogen and oxygen atoms in total. The number of ether oxygens (including phenoxy) is 1. The molecule has 0 aromatic carbocycles. The Morgan fingerprint density at radius 2 is 1.88 bits per heavy atom. The molecule has 2 fully saturated rings. The SMILES string of the molecule is [C-]#[N+]c1c(N2CCCn3nc(C(=O)N(C)C)c(Cl)c3C2)nc(OCC2(CN(C)C)CC2(F)F)nc1N1CC2(CCCc3sc(N)c(C#N)c32)C1. The van der Waals surface area contributed by atoms with E-state index in [9.17, 15) is 18.8 Å². The van der Waals surface area contributed by atoms with Gasteiger partial charge in [0.2, 0.25) is 0 Å². The molecule has 2 aliphatic heterocycles. The van der Waals surface area contributed by atoms with E-state index in [0.717, 1.165) is 29.7 Å². The smallest absolute Gasteiger partial charge is 0.317 e. The van der Waals surface area contributed by atoms with Crippen LogP contribution in [0.4, 0.5) is 31.1 Å². The number of nitrogens with zero attached hydrogens (tertiary/aromatic N) is 10. The van der Waals surface area contributed by atoms with Crippen LogP contribution in [0.1, 0.15) is 57.9 Å². The van der Waals surface area contributed by atoms with Gasteiger partial charge in [-0.2, -0.15) is 20.3 Å². The lowest BCUT2D eigenvalue weighted by Crippen LogP contribution is -2.61. The second kappa shape index (κ2) is 12.2. The fourth-order valence-corrected chi connectivity index (χ4v) is 9.26. The summed E-state index contributed by atoms with van der Waals surface area (Å²) in [5.74, 6) is -2.57. The van der Waals surface area contributed by atoms with Crippen molar-refractivity contribution < 1.29 is 18.3 Å². The summed E-state index contributed by atoms with van der Waals surface area (Å²) in [5, 5.41) is 15.2. The van der Waals surface area contributed by atoms with Crippen molar-refractivity contribution in [3.63, 3.8) is 0 Å². The summed E-state index contributed by atoms with van der Waals surface area (Å²) in [4.78, 5) is 34.3. The van der Waals surface area contributed by atoms with E-state index in [1.54, 1.807) is 37.8 Å². The molecule has 7 rings (SSSR count). The van der Waals surface area contributed by atoms with Crippen LogP contribution >= 0.6 is 22.9 Å². The molecule has 1 amide bonds. The molecule has 264 valence electrons. The average molecular weight is 726 g/mol. The number of fused-ring (bicyclic) bond motifs is 3. The highest BCUT2D eigenvalue weighted by atomic mass is 35.5. The lowest BCUT2D eigenvalue weighted by molar-refractivity contribution is 0.0288. The van der Waals surface area contributed by atoms with E-state index in [-0.39, 0.29) is 65.7 Å². The van der Waals surface area contributed by atoms with Crippen LogP contribution in [0.5, 0.6) is 6.01 Å². The molecule has 3 aromatic rings. The Labute approximate surface area is 298 Å². The van der Waals surface area contributed by atoms with Gasteiger partial charge in [-0.25, -0.2) is 13.6 Å². The minimum atomic E-state index is -2.88. The number of alkyl halides is 2. The van der Waals surface area contributed by atoms with Gasteiger partial charge in [-0.15, -0.1) is 11.3 Å². The normalized spacial score (nSPS) is 21.5. The third kappa shape index (κ3) is 5.48. The number of rotatable bonds is 8. The minimum Gasteiger partial charge on any atom is -0.463 e. The maximum Gasteiger partial charge on any atom is 0.317 e. The second-order valence-corrected chi connectivity index (χ2v) is 15.9. The van der Waals surface area contributed by atoms with Crippen molar-refractivity contribution >= 4 is 51.2 Å². The molecule has 2 aliphatic carbocycles. The lowest BCUT2D eigenvalue weighted by atomic mass is 9.66. The van der Waals surface area contributed by atoms with Crippen molar-refractivity contribution in [2.75, 3.05) is 76.5 Å². The quantitative estimate of drug-likeness (QED) is 0.329. The molecule has 1 unspecified atom stereocenters. The van der Waals surface area contributed by atoms with Crippen LogP contribution in [-0.2, 0) is 24.9 Å². The lowest BCUT2D eigenvalue weighted by Gasteiger charge is -2.53. The number of nitrogens with two attached hydrogens (primary N) is 1. The van der Waals surface area contributed by atoms with Crippen LogP contribution in [0.25, 0.3) is 4.85 Å². The molecule has 1 spiro atoms. The maximum absolute atomic E-state index is 14.7. The number of carbonyl (C=O) groups excluding carboxylic acids is 1. The van der Waals surface area contributed by atoms with E-state index >= 15 is 0 Å². The molecular weight excluding hydrogens is 688 g/mol. The van der Waals surface area contributed by atoms with E-state index in [1.165, 1.54) is 16.2 Å². The predicted molar refractivity (Wildman–Crippen MR) is 186 cm³/mol. The molecule has 0 radical (unpaired) electrons. The van der Waals surface area contributed by atoms with E-state index < -0.39 is 11.3 Å². The standard InChI is InChI=1S/C33H38ClF2N11O2S/c1-39-25-27(45-10-7-11-47-20(13-45)23(34)24(42-47)29(48)44(4)5)40-30(49-18-32(17-43(2)3)14-33(32,35)36)41-28(25)46-15-31(16-46)9-6-8-21-22(31)19(12-37)26(38)50-21/h6-11,13-18,38H2,2-5H3. The van der Waals surface area contributed by atoms with Crippen LogP contribution < -0.4 is 20.3 Å². The Bertz CT molecular complexity index is 1960. The molecule has 1 saturated heterocycles. The van der Waals surface area contributed by atoms with Gasteiger partial charge in [0.25, 0.3) is 17.5 Å². The van der Waals surface area contributed by atoms with Crippen molar-refractivity contribution in [3.8, 4) is 12.1 Å². The van der Waals surface area contributed by atoms with Gasteiger partial charge in [0, 0.05) is 63.5 Å². The Morgan fingerprint density at radius 1 is 1.18 bits per heavy atom. The summed E-state index contributed by atoms with van der Waals surface area (Å²) < 4.78 is 37.2. The van der Waals surface area contributed by atoms with E-state index in [0.29, 0.717) is 54.7 Å². The number of thiophene rings is 1. The molecule has 0 bridgehead atoms. The number of amides is 1. The van der Waals surface area contributed by atoms with Crippen molar-refractivity contribution in [2.24, 2.45) is 5.41 Å². The van der Waals surface area contributed by atoms with Gasteiger partial charge in [-0.1, -0.05) is 11.6 Å². The van der Waals surface area contributed by atoms with E-state index in [4.69, 9.17) is 38.6 Å². The van der Waals surface area contributed by atoms with Crippen molar-refractivity contribution in [2.45, 2.75) is 56.5 Å². The number of hydrogen-bond donors (Lipinski definition) is 1. The number of nitriles is 1. The van der Waals surface area contributed by atoms with Crippen LogP contribution in [0.3, 0.4) is 0 Å².